The Morgan fingerprint density at radius 2 is 1.85 bits per heavy atom. The molecule has 0 bridgehead atoms. The molecule has 1 amide bonds. The zero-order chi connectivity index (χ0) is 20.5. The molecule has 0 aliphatic rings. The Labute approximate surface area is 153 Å². The third-order valence-electron chi connectivity index (χ3n) is 3.43. The first-order chi connectivity index (χ1) is 12.5. The van der Waals surface area contributed by atoms with Crippen molar-refractivity contribution in [3.8, 4) is 6.07 Å². The van der Waals surface area contributed by atoms with Crippen molar-refractivity contribution >= 4 is 21.6 Å². The highest BCUT2D eigenvalue weighted by atomic mass is 32.2. The summed E-state index contributed by atoms with van der Waals surface area (Å²) < 4.78 is 69.4. The molecule has 2 aromatic rings. The zero-order valence-electron chi connectivity index (χ0n) is 14.5. The van der Waals surface area contributed by atoms with E-state index < -0.39 is 61.3 Å². The Kier molecular flexibility index (Phi) is 5.62. The van der Waals surface area contributed by atoms with Crippen LogP contribution in [-0.4, -0.2) is 24.9 Å². The Morgan fingerprint density at radius 1 is 1.22 bits per heavy atom. The number of nitrogens with one attached hydrogen (secondary N) is 2. The Bertz CT molecular complexity index is 1060. The van der Waals surface area contributed by atoms with Crippen molar-refractivity contribution < 1.29 is 26.4 Å². The molecule has 27 heavy (non-hydrogen) atoms. The molecule has 144 valence electrons. The van der Waals surface area contributed by atoms with Gasteiger partial charge in [0.15, 0.2) is 11.6 Å². The Morgan fingerprint density at radius 3 is 2.41 bits per heavy atom. The van der Waals surface area contributed by atoms with Gasteiger partial charge in [0.25, 0.3) is 5.91 Å². The quantitative estimate of drug-likeness (QED) is 0.803. The van der Waals surface area contributed by atoms with Crippen LogP contribution in [0.5, 0.6) is 0 Å². The van der Waals surface area contributed by atoms with Crippen LogP contribution >= 0.6 is 0 Å². The fraction of sp³-hybridized carbons (Fsp3) is 0.250. The third-order valence-corrected chi connectivity index (χ3v) is 5.08. The SMILES string of the molecule is CC(C)NS(=O)(=O)c1cn(C)c(C(=O)Nc2ccc(F)c(C#N)c2F)c1F. The number of carbonyl (C=O) groups excluding carboxylic acids is 1. The summed E-state index contributed by atoms with van der Waals surface area (Å²) in [6.07, 6.45) is 0.899. The van der Waals surface area contributed by atoms with Crippen LogP contribution in [0, 0.1) is 28.8 Å². The standard InChI is InChI=1S/C16H15F3N4O3S/c1-8(2)22-27(25,26)12-7-23(3)15(14(12)19)16(24)21-11-5-4-10(17)9(6-20)13(11)18/h4-5,7-8,22H,1-3H3,(H,21,24). The molecule has 7 nitrogen and oxygen atoms in total. The largest absolute Gasteiger partial charge is 0.343 e. The molecular formula is C16H15F3N4O3S. The minimum absolute atomic E-state index is 0.510. The monoisotopic (exact) mass is 400 g/mol. The molecule has 0 unspecified atom stereocenters. The number of hydrogen-bond acceptors (Lipinski definition) is 4. The van der Waals surface area contributed by atoms with Crippen molar-refractivity contribution in [1.29, 1.82) is 5.26 Å². The number of aromatic nitrogens is 1. The number of rotatable bonds is 5. The molecule has 2 N–H and O–H groups in total. The molecule has 0 fully saturated rings. The summed E-state index contributed by atoms with van der Waals surface area (Å²) in [5, 5.41) is 10.8. The van der Waals surface area contributed by atoms with Gasteiger partial charge >= 0.3 is 0 Å². The van der Waals surface area contributed by atoms with Gasteiger partial charge in [0.1, 0.15) is 28.0 Å². The first kappa shape index (κ1) is 20.5. The highest BCUT2D eigenvalue weighted by Crippen LogP contribution is 2.24. The highest BCUT2D eigenvalue weighted by Gasteiger charge is 2.29. The van der Waals surface area contributed by atoms with Gasteiger partial charge < -0.3 is 9.88 Å². The summed E-state index contributed by atoms with van der Waals surface area (Å²) >= 11 is 0. The average molecular weight is 400 g/mol. The van der Waals surface area contributed by atoms with Crippen molar-refractivity contribution in [1.82, 2.24) is 9.29 Å². The van der Waals surface area contributed by atoms with Gasteiger partial charge in [0.05, 0.1) is 5.69 Å². The number of sulfonamides is 1. The number of carbonyl (C=O) groups is 1. The van der Waals surface area contributed by atoms with Crippen molar-refractivity contribution in [3.05, 3.63) is 47.0 Å². The molecule has 1 aromatic heterocycles. The maximum atomic E-state index is 14.6. The predicted molar refractivity (Wildman–Crippen MR) is 89.9 cm³/mol. The van der Waals surface area contributed by atoms with E-state index in [1.54, 1.807) is 0 Å². The maximum Gasteiger partial charge on any atom is 0.275 e. The van der Waals surface area contributed by atoms with Crippen LogP contribution in [0.1, 0.15) is 29.9 Å². The molecule has 0 atom stereocenters. The summed E-state index contributed by atoms with van der Waals surface area (Å²) in [6.45, 7) is 3.08. The highest BCUT2D eigenvalue weighted by molar-refractivity contribution is 7.89. The summed E-state index contributed by atoms with van der Waals surface area (Å²) in [5.41, 5.74) is -2.14. The van der Waals surface area contributed by atoms with E-state index >= 15 is 0 Å². The third kappa shape index (κ3) is 3.96. The van der Waals surface area contributed by atoms with Crippen molar-refractivity contribution in [2.24, 2.45) is 7.05 Å². The van der Waals surface area contributed by atoms with E-state index in [0.29, 0.717) is 0 Å². The summed E-state index contributed by atoms with van der Waals surface area (Å²) in [5.74, 6) is -4.94. The topological polar surface area (TPSA) is 104 Å². The van der Waals surface area contributed by atoms with E-state index in [-0.39, 0.29) is 0 Å². The molecule has 2 rings (SSSR count). The van der Waals surface area contributed by atoms with Crippen LogP contribution in [-0.2, 0) is 17.1 Å². The van der Waals surface area contributed by atoms with Crippen LogP contribution in [0.25, 0.3) is 0 Å². The summed E-state index contributed by atoms with van der Waals surface area (Å²) in [6, 6.07) is 2.43. The lowest BCUT2D eigenvalue weighted by Crippen LogP contribution is -2.30. The Balaban J connectivity index is 2.44. The van der Waals surface area contributed by atoms with Crippen LogP contribution < -0.4 is 10.0 Å². The van der Waals surface area contributed by atoms with E-state index in [9.17, 15) is 26.4 Å². The van der Waals surface area contributed by atoms with Crippen LogP contribution in [0.15, 0.2) is 23.2 Å². The minimum atomic E-state index is -4.22. The van der Waals surface area contributed by atoms with E-state index in [2.05, 4.69) is 4.72 Å². The molecule has 0 radical (unpaired) electrons. The van der Waals surface area contributed by atoms with Crippen molar-refractivity contribution in [2.75, 3.05) is 5.32 Å². The molecule has 0 aliphatic carbocycles. The summed E-state index contributed by atoms with van der Waals surface area (Å²) in [4.78, 5) is 11.6. The van der Waals surface area contributed by atoms with E-state index in [4.69, 9.17) is 5.26 Å². The zero-order valence-corrected chi connectivity index (χ0v) is 15.3. The molecule has 0 spiro atoms. The first-order valence-electron chi connectivity index (χ1n) is 7.56. The lowest BCUT2D eigenvalue weighted by molar-refractivity contribution is 0.101. The first-order valence-corrected chi connectivity index (χ1v) is 9.04. The number of aryl methyl sites for hydroxylation is 1. The maximum absolute atomic E-state index is 14.6. The smallest absolute Gasteiger partial charge is 0.275 e. The van der Waals surface area contributed by atoms with Gasteiger partial charge in [-0.2, -0.15) is 5.26 Å². The van der Waals surface area contributed by atoms with Gasteiger partial charge in [0, 0.05) is 19.3 Å². The molecule has 1 heterocycles. The second kappa shape index (κ2) is 7.42. The van der Waals surface area contributed by atoms with Gasteiger partial charge in [0.2, 0.25) is 10.0 Å². The Hall–Kier alpha value is -2.84. The van der Waals surface area contributed by atoms with Crippen LogP contribution in [0.3, 0.4) is 0 Å². The number of halogens is 3. The minimum Gasteiger partial charge on any atom is -0.343 e. The van der Waals surface area contributed by atoms with E-state index in [0.717, 1.165) is 22.9 Å². The van der Waals surface area contributed by atoms with Gasteiger partial charge in [-0.25, -0.2) is 26.3 Å². The van der Waals surface area contributed by atoms with E-state index in [1.165, 1.54) is 27.0 Å². The molecule has 11 heteroatoms. The second-order valence-corrected chi connectivity index (χ2v) is 7.58. The van der Waals surface area contributed by atoms with Crippen molar-refractivity contribution in [3.63, 3.8) is 0 Å². The van der Waals surface area contributed by atoms with Gasteiger partial charge in [-0.05, 0) is 26.0 Å². The molecule has 0 saturated heterocycles. The van der Waals surface area contributed by atoms with Gasteiger partial charge in [-0.3, -0.25) is 4.79 Å². The number of anilines is 1. The summed E-state index contributed by atoms with van der Waals surface area (Å²) in [7, 11) is -2.98. The van der Waals surface area contributed by atoms with Crippen LogP contribution in [0.4, 0.5) is 18.9 Å². The number of hydrogen-bond donors (Lipinski definition) is 2. The molecule has 1 aromatic carbocycles. The molecule has 0 saturated carbocycles. The van der Waals surface area contributed by atoms with E-state index in [1.807, 2.05) is 5.32 Å². The van der Waals surface area contributed by atoms with Crippen LogP contribution in [0.2, 0.25) is 0 Å². The number of nitriles is 1. The number of benzene rings is 1. The molecular weight excluding hydrogens is 385 g/mol. The average Bonchev–Trinajstić information content (AvgIpc) is 2.85. The fourth-order valence-electron chi connectivity index (χ4n) is 2.32. The number of amides is 1. The second-order valence-electron chi connectivity index (χ2n) is 5.89. The van der Waals surface area contributed by atoms with Gasteiger partial charge in [-0.1, -0.05) is 0 Å². The van der Waals surface area contributed by atoms with Crippen molar-refractivity contribution in [2.45, 2.75) is 24.8 Å². The predicted octanol–water partition coefficient (Wildman–Crippen LogP) is 2.25. The normalized spacial score (nSPS) is 11.5. The lowest BCUT2D eigenvalue weighted by Gasteiger charge is -2.09. The van der Waals surface area contributed by atoms with Gasteiger partial charge in [-0.15, -0.1) is 0 Å². The number of nitrogens with zero attached hydrogens (tertiary/aromatic N) is 2. The fourth-order valence-corrected chi connectivity index (χ4v) is 3.70. The molecule has 0 aliphatic heterocycles. The lowest BCUT2D eigenvalue weighted by atomic mass is 10.2.